The van der Waals surface area contributed by atoms with Gasteiger partial charge in [-0.15, -0.1) is 0 Å². The molecule has 0 radical (unpaired) electrons. The molecule has 10 nitrogen and oxygen atoms in total. The molecular weight excluding hydrogens is 474 g/mol. The minimum Gasteiger partial charge on any atom is -0.496 e. The Hall–Kier alpha value is -3.79. The van der Waals surface area contributed by atoms with Crippen molar-refractivity contribution in [2.75, 3.05) is 24.7 Å². The maximum atomic E-state index is 13.0. The summed E-state index contributed by atoms with van der Waals surface area (Å²) in [5, 5.41) is 14.5. The lowest BCUT2D eigenvalue weighted by molar-refractivity contribution is -0.384. The van der Waals surface area contributed by atoms with E-state index in [1.54, 1.807) is 31.5 Å². The van der Waals surface area contributed by atoms with Gasteiger partial charge < -0.3 is 25.1 Å². The minimum absolute atomic E-state index is 0.144. The van der Waals surface area contributed by atoms with Crippen LogP contribution in [0.15, 0.2) is 42.7 Å². The molecule has 0 atom stereocenters. The number of aromatic nitrogens is 2. The third kappa shape index (κ3) is 6.63. The summed E-state index contributed by atoms with van der Waals surface area (Å²) in [6.07, 6.45) is 4.30. The van der Waals surface area contributed by atoms with Crippen LogP contribution in [-0.4, -0.2) is 39.7 Å². The maximum absolute atomic E-state index is 13.0. The number of nitrogens with two attached hydrogens (primary N) is 1. The van der Waals surface area contributed by atoms with Gasteiger partial charge in [0.15, 0.2) is 0 Å². The number of carbonyl (C=O) groups is 1. The van der Waals surface area contributed by atoms with E-state index in [4.69, 9.17) is 26.8 Å². The number of pyridine rings is 1. The van der Waals surface area contributed by atoms with Crippen LogP contribution < -0.4 is 15.8 Å². The van der Waals surface area contributed by atoms with E-state index in [1.165, 1.54) is 12.1 Å². The van der Waals surface area contributed by atoms with Gasteiger partial charge in [-0.25, -0.2) is 9.78 Å². The van der Waals surface area contributed by atoms with Crippen molar-refractivity contribution in [3.63, 3.8) is 0 Å². The number of rotatable bonds is 9. The summed E-state index contributed by atoms with van der Waals surface area (Å²) in [6.45, 7) is 6.56. The van der Waals surface area contributed by atoms with Crippen LogP contribution in [0.1, 0.15) is 37.6 Å². The smallest absolute Gasteiger partial charge is 0.340 e. The summed E-state index contributed by atoms with van der Waals surface area (Å²) >= 11 is 6.12. The molecule has 0 spiro atoms. The topological polar surface area (TPSA) is 135 Å². The zero-order valence-electron chi connectivity index (χ0n) is 20.0. The number of nitrogen functional groups attached to an aromatic ring is 1. The second-order valence-corrected chi connectivity index (χ2v) is 9.24. The van der Waals surface area contributed by atoms with Crippen molar-refractivity contribution in [2.24, 2.45) is 0 Å². The molecule has 0 saturated heterocycles. The predicted molar refractivity (Wildman–Crippen MR) is 135 cm³/mol. The van der Waals surface area contributed by atoms with E-state index in [0.29, 0.717) is 47.2 Å². The number of anilines is 2. The third-order valence-electron chi connectivity index (χ3n) is 4.95. The first kappa shape index (κ1) is 25.8. The molecule has 0 bridgehead atoms. The molecule has 1 aromatic carbocycles. The molecular formula is C24H28ClN5O5. The lowest BCUT2D eigenvalue weighted by atomic mass is 10.0. The monoisotopic (exact) mass is 501 g/mol. The van der Waals surface area contributed by atoms with Crippen LogP contribution in [0, 0.1) is 10.1 Å². The predicted octanol–water partition coefficient (Wildman–Crippen LogP) is 5.16. The average molecular weight is 502 g/mol. The van der Waals surface area contributed by atoms with Crippen molar-refractivity contribution in [1.82, 2.24) is 9.55 Å². The van der Waals surface area contributed by atoms with Gasteiger partial charge in [-0.05, 0) is 51.5 Å². The van der Waals surface area contributed by atoms with Gasteiger partial charge in [0.1, 0.15) is 17.2 Å². The van der Waals surface area contributed by atoms with Crippen LogP contribution in [0.25, 0.3) is 11.1 Å². The van der Waals surface area contributed by atoms with Crippen molar-refractivity contribution in [3.8, 4) is 16.9 Å². The van der Waals surface area contributed by atoms with Gasteiger partial charge in [-0.3, -0.25) is 10.1 Å². The molecule has 0 saturated carbocycles. The van der Waals surface area contributed by atoms with Crippen molar-refractivity contribution in [1.29, 1.82) is 0 Å². The van der Waals surface area contributed by atoms with Crippen LogP contribution >= 0.6 is 11.6 Å². The van der Waals surface area contributed by atoms with Crippen molar-refractivity contribution >= 4 is 34.9 Å². The van der Waals surface area contributed by atoms with Gasteiger partial charge in [0.25, 0.3) is 0 Å². The first-order valence-electron chi connectivity index (χ1n) is 10.9. The van der Waals surface area contributed by atoms with E-state index in [1.807, 2.05) is 31.5 Å². The van der Waals surface area contributed by atoms with Crippen LogP contribution in [0.4, 0.5) is 17.3 Å². The summed E-state index contributed by atoms with van der Waals surface area (Å²) in [5.74, 6) is 0.408. The second-order valence-electron chi connectivity index (χ2n) is 8.81. The Morgan fingerprint density at radius 2 is 1.97 bits per heavy atom. The van der Waals surface area contributed by atoms with Crippen molar-refractivity contribution in [3.05, 3.63) is 63.4 Å². The van der Waals surface area contributed by atoms with Crippen LogP contribution in [-0.2, 0) is 11.3 Å². The first-order chi connectivity index (χ1) is 16.5. The number of halogens is 1. The van der Waals surface area contributed by atoms with Crippen LogP contribution in [0.3, 0.4) is 0 Å². The molecule has 0 unspecified atom stereocenters. The molecule has 11 heteroatoms. The molecule has 3 rings (SSSR count). The fourth-order valence-corrected chi connectivity index (χ4v) is 3.60. The second kappa shape index (κ2) is 10.6. The van der Waals surface area contributed by atoms with Crippen molar-refractivity contribution in [2.45, 2.75) is 39.3 Å². The van der Waals surface area contributed by atoms with Gasteiger partial charge in [-0.1, -0.05) is 11.6 Å². The number of benzene rings is 1. The highest BCUT2D eigenvalue weighted by atomic mass is 35.5. The third-order valence-corrected chi connectivity index (χ3v) is 5.19. The number of nitrogens with one attached hydrogen (secondary N) is 1. The zero-order chi connectivity index (χ0) is 25.8. The van der Waals surface area contributed by atoms with E-state index < -0.39 is 16.5 Å². The Bertz CT molecular complexity index is 1240. The van der Waals surface area contributed by atoms with Gasteiger partial charge >= 0.3 is 11.7 Å². The molecule has 0 fully saturated rings. The first-order valence-corrected chi connectivity index (χ1v) is 11.3. The number of methoxy groups -OCH3 is 1. The normalized spacial score (nSPS) is 11.2. The van der Waals surface area contributed by atoms with E-state index in [0.717, 1.165) is 5.56 Å². The highest BCUT2D eigenvalue weighted by Crippen LogP contribution is 2.36. The number of esters is 1. The number of nitro groups is 1. The Morgan fingerprint density at radius 1 is 1.23 bits per heavy atom. The molecule has 0 aliphatic heterocycles. The number of carbonyl (C=O) groups excluding carboxylic acids is 1. The molecule has 186 valence electrons. The van der Waals surface area contributed by atoms with Crippen molar-refractivity contribution < 1.29 is 19.2 Å². The Morgan fingerprint density at radius 3 is 2.60 bits per heavy atom. The van der Waals surface area contributed by atoms with Gasteiger partial charge in [0, 0.05) is 47.7 Å². The van der Waals surface area contributed by atoms with Gasteiger partial charge in [0.2, 0.25) is 5.82 Å². The average Bonchev–Trinajstić information content (AvgIpc) is 3.19. The number of hydrogen-bond acceptors (Lipinski definition) is 8. The maximum Gasteiger partial charge on any atom is 0.340 e. The minimum atomic E-state index is -0.649. The summed E-state index contributed by atoms with van der Waals surface area (Å²) in [4.78, 5) is 27.3. The standard InChI is InChI=1S/C24H28ClN5O5/c1-24(2,3)35-23(31)18-14-29(13-17(18)16-7-6-15(25)12-20(16)34-4)11-5-10-27-21-9-8-19(30(32)33)22(26)28-21/h6-9,12-14H,5,10-11H2,1-4H3,(H3,26,27,28). The lowest BCUT2D eigenvalue weighted by Gasteiger charge is -2.19. The van der Waals surface area contributed by atoms with Gasteiger partial charge in [0.05, 0.1) is 17.6 Å². The summed E-state index contributed by atoms with van der Waals surface area (Å²) < 4.78 is 13.0. The summed E-state index contributed by atoms with van der Waals surface area (Å²) in [7, 11) is 1.55. The Balaban J connectivity index is 1.78. The molecule has 2 aromatic heterocycles. The number of ether oxygens (including phenoxy) is 2. The number of nitrogens with zero attached hydrogens (tertiary/aromatic N) is 3. The van der Waals surface area contributed by atoms with E-state index >= 15 is 0 Å². The molecule has 35 heavy (non-hydrogen) atoms. The lowest BCUT2D eigenvalue weighted by Crippen LogP contribution is -2.24. The quantitative estimate of drug-likeness (QED) is 0.178. The molecule has 0 aliphatic rings. The summed E-state index contributed by atoms with van der Waals surface area (Å²) in [6, 6.07) is 8.06. The largest absolute Gasteiger partial charge is 0.496 e. The zero-order valence-corrected chi connectivity index (χ0v) is 20.8. The van der Waals surface area contributed by atoms with Crippen LogP contribution in [0.2, 0.25) is 5.02 Å². The molecule has 0 amide bonds. The Labute approximate surface area is 208 Å². The van der Waals surface area contributed by atoms with Gasteiger partial charge in [-0.2, -0.15) is 0 Å². The molecule has 3 N–H and O–H groups in total. The Kier molecular flexibility index (Phi) is 7.85. The fourth-order valence-electron chi connectivity index (χ4n) is 3.43. The molecule has 0 aliphatic carbocycles. The SMILES string of the molecule is COc1cc(Cl)ccc1-c1cn(CCCNc2ccc([N+](=O)[O-])c(N)n2)cc1C(=O)OC(C)(C)C. The van der Waals surface area contributed by atoms with E-state index in [9.17, 15) is 14.9 Å². The van der Waals surface area contributed by atoms with E-state index in [-0.39, 0.29) is 11.5 Å². The van der Waals surface area contributed by atoms with E-state index in [2.05, 4.69) is 10.3 Å². The number of hydrogen-bond donors (Lipinski definition) is 2. The number of aryl methyl sites for hydroxylation is 1. The highest BCUT2D eigenvalue weighted by Gasteiger charge is 2.24. The molecule has 2 heterocycles. The summed E-state index contributed by atoms with van der Waals surface area (Å²) in [5.41, 5.74) is 6.57. The highest BCUT2D eigenvalue weighted by molar-refractivity contribution is 6.30. The molecule has 3 aromatic rings. The van der Waals surface area contributed by atoms with Crippen LogP contribution in [0.5, 0.6) is 5.75 Å². The fraction of sp³-hybridized carbons (Fsp3) is 0.333.